The number of benzene rings is 1. The number of hydrogen-bond acceptors (Lipinski definition) is 4. The maximum atomic E-state index is 11.9. The van der Waals surface area contributed by atoms with Crippen molar-refractivity contribution in [3.63, 3.8) is 0 Å². The van der Waals surface area contributed by atoms with Crippen LogP contribution in [-0.4, -0.2) is 28.4 Å². The Kier molecular flexibility index (Phi) is 5.47. The number of ether oxygens (including phenoxy) is 2. The largest absolute Gasteiger partial charge is 0.493 e. The predicted molar refractivity (Wildman–Crippen MR) is 76.6 cm³/mol. The van der Waals surface area contributed by atoms with Gasteiger partial charge in [-0.25, -0.2) is 8.42 Å². The minimum absolute atomic E-state index is 0.122. The van der Waals surface area contributed by atoms with E-state index in [0.29, 0.717) is 23.6 Å². The highest BCUT2D eigenvalue weighted by atomic mass is 32.2. The van der Waals surface area contributed by atoms with E-state index in [1.54, 1.807) is 19.2 Å². The average molecular weight is 287 g/mol. The number of methoxy groups -OCH3 is 2. The van der Waals surface area contributed by atoms with Crippen LogP contribution < -0.4 is 14.2 Å². The molecule has 6 heteroatoms. The van der Waals surface area contributed by atoms with Gasteiger partial charge in [0, 0.05) is 6.07 Å². The van der Waals surface area contributed by atoms with E-state index in [4.69, 9.17) is 9.47 Å². The van der Waals surface area contributed by atoms with Gasteiger partial charge < -0.3 is 9.47 Å². The Balaban J connectivity index is 3.01. The van der Waals surface area contributed by atoms with Gasteiger partial charge in [0.25, 0.3) is 0 Å². The zero-order valence-electron chi connectivity index (χ0n) is 11.8. The lowest BCUT2D eigenvalue weighted by Gasteiger charge is -2.14. The molecule has 0 saturated heterocycles. The van der Waals surface area contributed by atoms with Crippen molar-refractivity contribution in [3.05, 3.63) is 17.7 Å². The second-order valence-electron chi connectivity index (χ2n) is 4.30. The summed E-state index contributed by atoms with van der Waals surface area (Å²) in [5.41, 5.74) is 1.31. The maximum Gasteiger partial charge on any atom is 0.232 e. The first-order valence-electron chi connectivity index (χ1n) is 6.16. The van der Waals surface area contributed by atoms with Crippen molar-refractivity contribution in [3.8, 4) is 11.5 Å². The number of aryl methyl sites for hydroxylation is 1. The lowest BCUT2D eigenvalue weighted by Crippen LogP contribution is -2.17. The average Bonchev–Trinajstić information content (AvgIpc) is 2.38. The zero-order chi connectivity index (χ0) is 14.5. The van der Waals surface area contributed by atoms with Gasteiger partial charge in [0.15, 0.2) is 11.5 Å². The second kappa shape index (κ2) is 6.65. The van der Waals surface area contributed by atoms with Gasteiger partial charge in [0.2, 0.25) is 10.0 Å². The summed E-state index contributed by atoms with van der Waals surface area (Å²) in [5, 5.41) is 0. The lowest BCUT2D eigenvalue weighted by atomic mass is 10.2. The van der Waals surface area contributed by atoms with Gasteiger partial charge in [-0.1, -0.05) is 13.3 Å². The number of unbranched alkanes of at least 4 members (excludes halogenated alkanes) is 1. The van der Waals surface area contributed by atoms with Gasteiger partial charge in [-0.05, 0) is 25.0 Å². The first-order chi connectivity index (χ1) is 8.93. The van der Waals surface area contributed by atoms with Gasteiger partial charge in [0.1, 0.15) is 0 Å². The molecule has 0 fully saturated rings. The Labute approximate surface area is 115 Å². The van der Waals surface area contributed by atoms with Crippen LogP contribution in [-0.2, 0) is 10.0 Å². The molecule has 1 aromatic carbocycles. The highest BCUT2D eigenvalue weighted by Gasteiger charge is 2.14. The third-order valence-corrected chi connectivity index (χ3v) is 4.12. The lowest BCUT2D eigenvalue weighted by molar-refractivity contribution is 0.355. The molecule has 1 aromatic rings. The van der Waals surface area contributed by atoms with E-state index in [9.17, 15) is 8.42 Å². The van der Waals surface area contributed by atoms with Gasteiger partial charge in [-0.3, -0.25) is 4.72 Å². The van der Waals surface area contributed by atoms with Crippen molar-refractivity contribution in [2.24, 2.45) is 0 Å². The fourth-order valence-electron chi connectivity index (χ4n) is 1.64. The molecule has 0 aliphatic carbocycles. The van der Waals surface area contributed by atoms with Crippen LogP contribution in [0, 0.1) is 6.92 Å². The molecule has 1 rings (SSSR count). The Morgan fingerprint density at radius 3 is 2.26 bits per heavy atom. The van der Waals surface area contributed by atoms with E-state index < -0.39 is 10.0 Å². The van der Waals surface area contributed by atoms with Crippen LogP contribution in [0.25, 0.3) is 0 Å². The van der Waals surface area contributed by atoms with E-state index in [1.807, 2.05) is 13.8 Å². The SMILES string of the molecule is CCCCS(=O)(=O)Nc1cc(OC)c(OC)cc1C. The fourth-order valence-corrected chi connectivity index (χ4v) is 2.97. The van der Waals surface area contributed by atoms with E-state index in [0.717, 1.165) is 12.0 Å². The molecule has 0 unspecified atom stereocenters. The van der Waals surface area contributed by atoms with Crippen LogP contribution >= 0.6 is 0 Å². The number of hydrogen-bond donors (Lipinski definition) is 1. The minimum atomic E-state index is -3.31. The number of rotatable bonds is 7. The Morgan fingerprint density at radius 1 is 1.16 bits per heavy atom. The molecular formula is C13H21NO4S. The standard InChI is InChI=1S/C13H21NO4S/c1-5-6-7-19(15,16)14-11-9-13(18-4)12(17-3)8-10(11)2/h8-9,14H,5-7H2,1-4H3. The van der Waals surface area contributed by atoms with Crippen LogP contribution in [0.1, 0.15) is 25.3 Å². The van der Waals surface area contributed by atoms with Gasteiger partial charge >= 0.3 is 0 Å². The Hall–Kier alpha value is -1.43. The van der Waals surface area contributed by atoms with Gasteiger partial charge in [-0.15, -0.1) is 0 Å². The molecule has 19 heavy (non-hydrogen) atoms. The van der Waals surface area contributed by atoms with E-state index in [1.165, 1.54) is 7.11 Å². The van der Waals surface area contributed by atoms with Gasteiger partial charge in [-0.2, -0.15) is 0 Å². The van der Waals surface area contributed by atoms with Crippen molar-refractivity contribution < 1.29 is 17.9 Å². The summed E-state index contributed by atoms with van der Waals surface area (Å²) in [4.78, 5) is 0. The fraction of sp³-hybridized carbons (Fsp3) is 0.538. The van der Waals surface area contributed by atoms with Crippen LogP contribution in [0.4, 0.5) is 5.69 Å². The molecule has 0 aliphatic heterocycles. The third-order valence-electron chi connectivity index (χ3n) is 2.76. The molecule has 1 N–H and O–H groups in total. The molecule has 5 nitrogen and oxygen atoms in total. The molecule has 0 heterocycles. The maximum absolute atomic E-state index is 11.9. The predicted octanol–water partition coefficient (Wildman–Crippen LogP) is 2.55. The molecule has 0 amide bonds. The van der Waals surface area contributed by atoms with Crippen LogP contribution in [0.2, 0.25) is 0 Å². The normalized spacial score (nSPS) is 11.2. The summed E-state index contributed by atoms with van der Waals surface area (Å²) in [6, 6.07) is 3.38. The summed E-state index contributed by atoms with van der Waals surface area (Å²) in [6.07, 6.45) is 1.48. The highest BCUT2D eigenvalue weighted by molar-refractivity contribution is 7.92. The molecular weight excluding hydrogens is 266 g/mol. The molecule has 0 aliphatic rings. The summed E-state index contributed by atoms with van der Waals surface area (Å²) >= 11 is 0. The first kappa shape index (κ1) is 15.6. The number of sulfonamides is 1. The Morgan fingerprint density at radius 2 is 1.74 bits per heavy atom. The molecule has 0 bridgehead atoms. The molecule has 0 spiro atoms. The quantitative estimate of drug-likeness (QED) is 0.837. The summed E-state index contributed by atoms with van der Waals surface area (Å²) < 4.78 is 36.7. The topological polar surface area (TPSA) is 64.6 Å². The van der Waals surface area contributed by atoms with Crippen molar-refractivity contribution in [1.82, 2.24) is 0 Å². The first-order valence-corrected chi connectivity index (χ1v) is 7.81. The molecule has 0 radical (unpaired) electrons. The zero-order valence-corrected chi connectivity index (χ0v) is 12.6. The van der Waals surface area contributed by atoms with Crippen molar-refractivity contribution in [2.75, 3.05) is 24.7 Å². The number of nitrogens with one attached hydrogen (secondary N) is 1. The molecule has 0 atom stereocenters. The van der Waals surface area contributed by atoms with Crippen molar-refractivity contribution >= 4 is 15.7 Å². The van der Waals surface area contributed by atoms with E-state index >= 15 is 0 Å². The summed E-state index contributed by atoms with van der Waals surface area (Å²) in [7, 11) is -0.250. The third kappa shape index (κ3) is 4.31. The van der Waals surface area contributed by atoms with Crippen LogP contribution in [0.5, 0.6) is 11.5 Å². The Bertz CT molecular complexity index is 526. The second-order valence-corrected chi connectivity index (χ2v) is 6.14. The van der Waals surface area contributed by atoms with Crippen LogP contribution in [0.3, 0.4) is 0 Å². The number of anilines is 1. The summed E-state index contributed by atoms with van der Waals surface area (Å²) in [6.45, 7) is 3.77. The van der Waals surface area contributed by atoms with E-state index in [2.05, 4.69) is 4.72 Å². The van der Waals surface area contributed by atoms with Crippen molar-refractivity contribution in [1.29, 1.82) is 0 Å². The smallest absolute Gasteiger partial charge is 0.232 e. The monoisotopic (exact) mass is 287 g/mol. The highest BCUT2D eigenvalue weighted by Crippen LogP contribution is 2.33. The molecule has 0 aromatic heterocycles. The molecule has 0 saturated carbocycles. The van der Waals surface area contributed by atoms with Crippen LogP contribution in [0.15, 0.2) is 12.1 Å². The minimum Gasteiger partial charge on any atom is -0.493 e. The van der Waals surface area contributed by atoms with Gasteiger partial charge in [0.05, 0.1) is 25.7 Å². The van der Waals surface area contributed by atoms with E-state index in [-0.39, 0.29) is 5.75 Å². The molecule has 108 valence electrons. The van der Waals surface area contributed by atoms with Crippen molar-refractivity contribution in [2.45, 2.75) is 26.7 Å². The summed E-state index contributed by atoms with van der Waals surface area (Å²) in [5.74, 6) is 1.20.